The third kappa shape index (κ3) is 5.47. The van der Waals surface area contributed by atoms with E-state index in [1.54, 1.807) is 30.0 Å². The molecule has 0 saturated carbocycles. The molecule has 5 nitrogen and oxygen atoms in total. The number of thioether (sulfide) groups is 1. The van der Waals surface area contributed by atoms with Crippen molar-refractivity contribution in [1.82, 2.24) is 4.31 Å². The summed E-state index contributed by atoms with van der Waals surface area (Å²) in [5.41, 5.74) is 1.13. The summed E-state index contributed by atoms with van der Waals surface area (Å²) in [4.78, 5) is 13.8. The minimum atomic E-state index is -3.65. The molecule has 29 heavy (non-hydrogen) atoms. The zero-order valence-corrected chi connectivity index (χ0v) is 19.0. The van der Waals surface area contributed by atoms with E-state index >= 15 is 0 Å². The van der Waals surface area contributed by atoms with Crippen LogP contribution in [0.15, 0.2) is 47.4 Å². The zero-order valence-electron chi connectivity index (χ0n) is 15.9. The van der Waals surface area contributed by atoms with Crippen LogP contribution >= 0.6 is 35.0 Å². The fraction of sp³-hybridized carbons (Fsp3) is 0.350. The third-order valence-corrected chi connectivity index (χ3v) is 8.18. The molecular formula is C20H22Cl2N2O3S2. The number of rotatable bonds is 6. The Kier molecular flexibility index (Phi) is 7.51. The highest BCUT2D eigenvalue weighted by atomic mass is 35.5. The van der Waals surface area contributed by atoms with Gasteiger partial charge in [0.25, 0.3) is 0 Å². The normalized spacial score (nSPS) is 17.8. The van der Waals surface area contributed by atoms with Crippen molar-refractivity contribution in [2.24, 2.45) is 5.92 Å². The predicted octanol–water partition coefficient (Wildman–Crippen LogP) is 4.90. The molecule has 0 spiro atoms. The summed E-state index contributed by atoms with van der Waals surface area (Å²) in [5.74, 6) is -0.855. The number of amides is 1. The molecule has 0 bridgehead atoms. The highest BCUT2D eigenvalue weighted by molar-refractivity contribution is 7.98. The first kappa shape index (κ1) is 22.4. The number of halogens is 2. The Hall–Kier alpha value is -1.25. The van der Waals surface area contributed by atoms with Gasteiger partial charge in [0.1, 0.15) is 0 Å². The van der Waals surface area contributed by atoms with Gasteiger partial charge in [0, 0.05) is 33.6 Å². The number of para-hydroxylation sites is 1. The molecule has 1 amide bonds. The largest absolute Gasteiger partial charge is 0.325 e. The molecule has 156 valence electrons. The first-order chi connectivity index (χ1) is 13.8. The van der Waals surface area contributed by atoms with Crippen molar-refractivity contribution in [3.05, 3.63) is 58.1 Å². The fourth-order valence-corrected chi connectivity index (χ4v) is 6.25. The molecule has 0 aromatic heterocycles. The maximum atomic E-state index is 13.0. The Morgan fingerprint density at radius 3 is 2.55 bits per heavy atom. The number of carbonyl (C=O) groups is 1. The summed E-state index contributed by atoms with van der Waals surface area (Å²) in [6.07, 6.45) is 3.21. The number of nitrogens with zero attached hydrogens (tertiary/aromatic N) is 1. The van der Waals surface area contributed by atoms with Gasteiger partial charge in [-0.25, -0.2) is 12.7 Å². The monoisotopic (exact) mass is 472 g/mol. The molecule has 1 N–H and O–H groups in total. The van der Waals surface area contributed by atoms with E-state index in [9.17, 15) is 13.2 Å². The molecule has 1 atom stereocenters. The molecule has 3 rings (SSSR count). The predicted molar refractivity (Wildman–Crippen MR) is 120 cm³/mol. The lowest BCUT2D eigenvalue weighted by molar-refractivity contribution is -0.120. The van der Waals surface area contributed by atoms with E-state index in [0.29, 0.717) is 35.0 Å². The lowest BCUT2D eigenvalue weighted by atomic mass is 9.99. The van der Waals surface area contributed by atoms with Gasteiger partial charge in [-0.3, -0.25) is 4.79 Å². The van der Waals surface area contributed by atoms with Crippen LogP contribution in [0.4, 0.5) is 5.69 Å². The number of hydrogen-bond acceptors (Lipinski definition) is 4. The first-order valence-corrected chi connectivity index (χ1v) is 12.8. The van der Waals surface area contributed by atoms with Gasteiger partial charge in [0.2, 0.25) is 15.9 Å². The van der Waals surface area contributed by atoms with Gasteiger partial charge in [-0.2, -0.15) is 0 Å². The van der Waals surface area contributed by atoms with Crippen LogP contribution in [0.1, 0.15) is 18.4 Å². The molecule has 0 unspecified atom stereocenters. The van der Waals surface area contributed by atoms with Crippen molar-refractivity contribution in [3.63, 3.8) is 0 Å². The number of sulfonamides is 1. The smallest absolute Gasteiger partial charge is 0.228 e. The number of hydrogen-bond donors (Lipinski definition) is 1. The summed E-state index contributed by atoms with van der Waals surface area (Å²) < 4.78 is 27.3. The van der Waals surface area contributed by atoms with Gasteiger partial charge in [0.15, 0.2) is 0 Å². The van der Waals surface area contributed by atoms with Crippen LogP contribution < -0.4 is 5.32 Å². The number of anilines is 1. The molecule has 1 aliphatic heterocycles. The van der Waals surface area contributed by atoms with Crippen LogP contribution in [0, 0.1) is 5.92 Å². The average Bonchev–Trinajstić information content (AvgIpc) is 2.71. The Morgan fingerprint density at radius 1 is 1.17 bits per heavy atom. The van der Waals surface area contributed by atoms with Crippen molar-refractivity contribution in [3.8, 4) is 0 Å². The van der Waals surface area contributed by atoms with Crippen molar-refractivity contribution < 1.29 is 13.2 Å². The van der Waals surface area contributed by atoms with Crippen molar-refractivity contribution >= 4 is 56.6 Å². The zero-order chi connectivity index (χ0) is 21.0. The van der Waals surface area contributed by atoms with Crippen molar-refractivity contribution in [2.75, 3.05) is 24.7 Å². The molecule has 2 aromatic carbocycles. The fourth-order valence-electron chi connectivity index (χ4n) is 3.34. The van der Waals surface area contributed by atoms with Gasteiger partial charge in [-0.1, -0.05) is 41.4 Å². The number of benzene rings is 2. The Morgan fingerprint density at radius 2 is 1.86 bits per heavy atom. The minimum absolute atomic E-state index is 0.150. The lowest BCUT2D eigenvalue weighted by Gasteiger charge is -2.31. The second kappa shape index (κ2) is 9.71. The van der Waals surface area contributed by atoms with E-state index in [1.807, 2.05) is 30.5 Å². The van der Waals surface area contributed by atoms with Gasteiger partial charge in [0.05, 0.1) is 17.4 Å². The highest BCUT2D eigenvalue weighted by Crippen LogP contribution is 2.30. The van der Waals surface area contributed by atoms with Crippen molar-refractivity contribution in [1.29, 1.82) is 0 Å². The van der Waals surface area contributed by atoms with Gasteiger partial charge in [-0.05, 0) is 43.4 Å². The Labute approximate surface area is 185 Å². The van der Waals surface area contributed by atoms with Crippen LogP contribution in [-0.4, -0.2) is 38.0 Å². The van der Waals surface area contributed by atoms with Crippen LogP contribution in [0.5, 0.6) is 0 Å². The van der Waals surface area contributed by atoms with Crippen LogP contribution in [0.25, 0.3) is 0 Å². The molecule has 0 radical (unpaired) electrons. The van der Waals surface area contributed by atoms with Crippen molar-refractivity contribution in [2.45, 2.75) is 23.5 Å². The van der Waals surface area contributed by atoms with E-state index in [2.05, 4.69) is 5.32 Å². The average molecular weight is 473 g/mol. The quantitative estimate of drug-likeness (QED) is 0.607. The lowest BCUT2D eigenvalue weighted by Crippen LogP contribution is -2.44. The van der Waals surface area contributed by atoms with Gasteiger partial charge in [-0.15, -0.1) is 11.8 Å². The van der Waals surface area contributed by atoms with Crippen LogP contribution in [0.2, 0.25) is 10.0 Å². The standard InChI is InChI=1S/C20H22Cl2N2O3S2/c1-28-19-10-3-2-9-18(19)23-20(25)14-6-5-11-24(12-14)29(26,27)13-15-16(21)7-4-8-17(15)22/h2-4,7-10,14H,5-6,11-13H2,1H3,(H,23,25)/t14-/m0/s1. The summed E-state index contributed by atoms with van der Waals surface area (Å²) in [7, 11) is -3.65. The number of nitrogens with one attached hydrogen (secondary N) is 1. The second-order valence-corrected chi connectivity index (χ2v) is 10.5. The molecule has 1 heterocycles. The molecule has 2 aromatic rings. The number of carbonyl (C=O) groups excluding carboxylic acids is 1. The molecule has 1 fully saturated rings. The van der Waals surface area contributed by atoms with Crippen LogP contribution in [0.3, 0.4) is 0 Å². The third-order valence-electron chi connectivity index (χ3n) is 4.90. The summed E-state index contributed by atoms with van der Waals surface area (Å²) >= 11 is 13.8. The Balaban J connectivity index is 1.72. The number of piperidine rings is 1. The minimum Gasteiger partial charge on any atom is -0.325 e. The summed E-state index contributed by atoms with van der Waals surface area (Å²) in [6.45, 7) is 0.535. The van der Waals surface area contributed by atoms with E-state index < -0.39 is 15.9 Å². The SMILES string of the molecule is CSc1ccccc1NC(=O)[C@H]1CCCN(S(=O)(=O)Cc2c(Cl)cccc2Cl)C1. The van der Waals surface area contributed by atoms with E-state index in [0.717, 1.165) is 10.6 Å². The van der Waals surface area contributed by atoms with Crippen LogP contribution in [-0.2, 0) is 20.6 Å². The highest BCUT2D eigenvalue weighted by Gasteiger charge is 2.33. The Bertz CT molecular complexity index is 979. The first-order valence-electron chi connectivity index (χ1n) is 9.16. The van der Waals surface area contributed by atoms with E-state index in [-0.39, 0.29) is 18.2 Å². The van der Waals surface area contributed by atoms with Gasteiger partial charge < -0.3 is 5.32 Å². The second-order valence-electron chi connectivity index (χ2n) is 6.84. The topological polar surface area (TPSA) is 66.5 Å². The molecule has 1 saturated heterocycles. The molecule has 9 heteroatoms. The maximum absolute atomic E-state index is 13.0. The molecular weight excluding hydrogens is 451 g/mol. The molecule has 0 aliphatic carbocycles. The van der Waals surface area contributed by atoms with E-state index in [1.165, 1.54) is 4.31 Å². The van der Waals surface area contributed by atoms with Gasteiger partial charge >= 0.3 is 0 Å². The maximum Gasteiger partial charge on any atom is 0.228 e. The van der Waals surface area contributed by atoms with E-state index in [4.69, 9.17) is 23.2 Å². The summed E-state index contributed by atoms with van der Waals surface area (Å²) in [5, 5.41) is 3.59. The molecule has 1 aliphatic rings. The summed E-state index contributed by atoms with van der Waals surface area (Å²) in [6, 6.07) is 12.5.